The molecule has 0 aliphatic carbocycles. The van der Waals surface area contributed by atoms with Crippen molar-refractivity contribution in [2.24, 2.45) is 0 Å². The van der Waals surface area contributed by atoms with Crippen molar-refractivity contribution in [3.8, 4) is 5.75 Å². The maximum absolute atomic E-state index is 6.44. The van der Waals surface area contributed by atoms with Gasteiger partial charge in [-0.3, -0.25) is 0 Å². The maximum Gasteiger partial charge on any atom is 0.122 e. The highest BCUT2D eigenvalue weighted by Crippen LogP contribution is 2.36. The summed E-state index contributed by atoms with van der Waals surface area (Å²) in [6.07, 6.45) is 0.769. The summed E-state index contributed by atoms with van der Waals surface area (Å²) in [7, 11) is 1.68. The van der Waals surface area contributed by atoms with Crippen LogP contribution in [0.2, 0.25) is 0 Å². The summed E-state index contributed by atoms with van der Waals surface area (Å²) in [4.78, 5) is 1.16. The fourth-order valence-corrected chi connectivity index (χ4v) is 3.88. The van der Waals surface area contributed by atoms with Crippen LogP contribution in [0.4, 0.5) is 0 Å². The molecule has 17 heavy (non-hydrogen) atoms. The van der Waals surface area contributed by atoms with Crippen molar-refractivity contribution in [1.82, 2.24) is 0 Å². The molecule has 1 aromatic heterocycles. The maximum atomic E-state index is 6.44. The van der Waals surface area contributed by atoms with E-state index < -0.39 is 0 Å². The van der Waals surface area contributed by atoms with Crippen molar-refractivity contribution in [3.63, 3.8) is 0 Å². The van der Waals surface area contributed by atoms with E-state index in [0.29, 0.717) is 0 Å². The number of para-hydroxylation sites is 1. The van der Waals surface area contributed by atoms with Crippen molar-refractivity contribution in [2.45, 2.75) is 11.8 Å². The van der Waals surface area contributed by atoms with Gasteiger partial charge in [-0.1, -0.05) is 18.2 Å². The Bertz CT molecular complexity index is 498. The summed E-state index contributed by atoms with van der Waals surface area (Å²) in [6, 6.07) is 10.0. The summed E-state index contributed by atoms with van der Waals surface area (Å²) in [5.74, 6) is 0.894. The van der Waals surface area contributed by atoms with E-state index in [1.807, 2.05) is 29.6 Å². The number of ether oxygens (including phenoxy) is 1. The van der Waals surface area contributed by atoms with E-state index in [-0.39, 0.29) is 5.38 Å². The summed E-state index contributed by atoms with van der Waals surface area (Å²) in [6.45, 7) is 0. The minimum absolute atomic E-state index is 0.0272. The topological polar surface area (TPSA) is 9.23 Å². The van der Waals surface area contributed by atoms with Crippen LogP contribution in [0.3, 0.4) is 0 Å². The number of benzene rings is 1. The van der Waals surface area contributed by atoms with E-state index in [9.17, 15) is 0 Å². The second kappa shape index (κ2) is 5.89. The van der Waals surface area contributed by atoms with Crippen LogP contribution >= 0.6 is 38.9 Å². The van der Waals surface area contributed by atoms with Crippen LogP contribution in [0.15, 0.2) is 40.2 Å². The number of hydrogen-bond donors (Lipinski definition) is 0. The Balaban J connectivity index is 2.18. The van der Waals surface area contributed by atoms with E-state index in [2.05, 4.69) is 22.0 Å². The molecule has 1 unspecified atom stereocenters. The molecule has 0 radical (unpaired) electrons. The van der Waals surface area contributed by atoms with Gasteiger partial charge in [-0.25, -0.2) is 0 Å². The van der Waals surface area contributed by atoms with Crippen LogP contribution in [0.1, 0.15) is 15.8 Å². The molecule has 0 amide bonds. The highest BCUT2D eigenvalue weighted by atomic mass is 79.9. The van der Waals surface area contributed by atoms with Crippen LogP contribution < -0.4 is 4.74 Å². The standard InChI is InChI=1S/C13H12BrClOS/c1-16-12-5-3-2-4-9(12)8-11(15)13-10(14)6-7-17-13/h2-7,11H,8H2,1H3. The second-order valence-corrected chi connectivity index (χ2v) is 5.95. The Hall–Kier alpha value is -0.510. The molecule has 0 spiro atoms. The minimum Gasteiger partial charge on any atom is -0.496 e. The summed E-state index contributed by atoms with van der Waals surface area (Å²) in [5.41, 5.74) is 1.13. The minimum atomic E-state index is -0.0272. The zero-order valence-corrected chi connectivity index (χ0v) is 12.5. The zero-order chi connectivity index (χ0) is 12.3. The first-order chi connectivity index (χ1) is 8.22. The highest BCUT2D eigenvalue weighted by molar-refractivity contribution is 9.10. The lowest BCUT2D eigenvalue weighted by molar-refractivity contribution is 0.409. The molecular weight excluding hydrogens is 320 g/mol. The molecule has 2 rings (SSSR count). The quantitative estimate of drug-likeness (QED) is 0.713. The first-order valence-electron chi connectivity index (χ1n) is 5.21. The van der Waals surface area contributed by atoms with E-state index in [4.69, 9.17) is 16.3 Å². The second-order valence-electron chi connectivity index (χ2n) is 3.62. The molecule has 0 saturated heterocycles. The van der Waals surface area contributed by atoms with Crippen molar-refractivity contribution in [1.29, 1.82) is 0 Å². The smallest absolute Gasteiger partial charge is 0.122 e. The van der Waals surface area contributed by atoms with Crippen LogP contribution in [0.5, 0.6) is 5.75 Å². The third-order valence-corrected chi connectivity index (χ3v) is 5.01. The van der Waals surface area contributed by atoms with Gasteiger partial charge < -0.3 is 4.74 Å². The fraction of sp³-hybridized carbons (Fsp3) is 0.231. The fourth-order valence-electron chi connectivity index (χ4n) is 1.69. The van der Waals surface area contributed by atoms with E-state index >= 15 is 0 Å². The molecule has 0 fully saturated rings. The Morgan fingerprint density at radius 1 is 1.35 bits per heavy atom. The molecule has 4 heteroatoms. The van der Waals surface area contributed by atoms with Crippen molar-refractivity contribution in [3.05, 3.63) is 50.6 Å². The van der Waals surface area contributed by atoms with E-state index in [1.165, 1.54) is 0 Å². The summed E-state index contributed by atoms with van der Waals surface area (Å²) >= 11 is 11.6. The van der Waals surface area contributed by atoms with E-state index in [0.717, 1.165) is 27.1 Å². The van der Waals surface area contributed by atoms with Crippen LogP contribution in [-0.2, 0) is 6.42 Å². The number of methoxy groups -OCH3 is 1. The molecule has 2 aromatic rings. The number of alkyl halides is 1. The molecule has 1 heterocycles. The molecule has 90 valence electrons. The SMILES string of the molecule is COc1ccccc1CC(Cl)c1sccc1Br. The normalized spacial score (nSPS) is 12.4. The average Bonchev–Trinajstić information content (AvgIpc) is 2.76. The van der Waals surface area contributed by atoms with Gasteiger partial charge in [0, 0.05) is 9.35 Å². The van der Waals surface area contributed by atoms with Gasteiger partial charge in [-0.15, -0.1) is 22.9 Å². The molecule has 1 nitrogen and oxygen atoms in total. The molecule has 0 aliphatic heterocycles. The van der Waals surface area contributed by atoms with Gasteiger partial charge in [0.2, 0.25) is 0 Å². The van der Waals surface area contributed by atoms with Gasteiger partial charge in [0.1, 0.15) is 5.75 Å². The molecule has 0 aliphatic rings. The Labute approximate surface area is 119 Å². The van der Waals surface area contributed by atoms with E-state index in [1.54, 1.807) is 18.4 Å². The first kappa shape index (κ1) is 12.9. The third-order valence-electron chi connectivity index (χ3n) is 2.52. The molecule has 1 atom stereocenters. The largest absolute Gasteiger partial charge is 0.496 e. The number of rotatable bonds is 4. The molecular formula is C13H12BrClOS. The Morgan fingerprint density at radius 3 is 2.76 bits per heavy atom. The van der Waals surface area contributed by atoms with Gasteiger partial charge in [0.25, 0.3) is 0 Å². The van der Waals surface area contributed by atoms with Crippen molar-refractivity contribution < 1.29 is 4.74 Å². The Kier molecular flexibility index (Phi) is 4.48. The van der Waals surface area contributed by atoms with Gasteiger partial charge >= 0.3 is 0 Å². The van der Waals surface area contributed by atoms with Crippen LogP contribution in [0.25, 0.3) is 0 Å². The van der Waals surface area contributed by atoms with Crippen LogP contribution in [-0.4, -0.2) is 7.11 Å². The molecule has 0 bridgehead atoms. The van der Waals surface area contributed by atoms with Crippen LogP contribution in [0, 0.1) is 0 Å². The average molecular weight is 332 g/mol. The lowest BCUT2D eigenvalue weighted by Crippen LogP contribution is -1.97. The predicted molar refractivity (Wildman–Crippen MR) is 77.3 cm³/mol. The van der Waals surface area contributed by atoms with Crippen molar-refractivity contribution in [2.75, 3.05) is 7.11 Å². The molecule has 0 saturated carbocycles. The highest BCUT2D eigenvalue weighted by Gasteiger charge is 2.15. The number of thiophene rings is 1. The lowest BCUT2D eigenvalue weighted by atomic mass is 10.1. The van der Waals surface area contributed by atoms with Gasteiger partial charge in [0.05, 0.1) is 12.5 Å². The first-order valence-corrected chi connectivity index (χ1v) is 7.32. The van der Waals surface area contributed by atoms with Gasteiger partial charge in [-0.2, -0.15) is 0 Å². The third kappa shape index (κ3) is 3.03. The lowest BCUT2D eigenvalue weighted by Gasteiger charge is -2.11. The number of hydrogen-bond acceptors (Lipinski definition) is 2. The van der Waals surface area contributed by atoms with Crippen molar-refractivity contribution >= 4 is 38.9 Å². The molecule has 1 aromatic carbocycles. The predicted octanol–water partition coefficient (Wildman–Crippen LogP) is 5.04. The zero-order valence-electron chi connectivity index (χ0n) is 9.32. The Morgan fingerprint density at radius 2 is 2.12 bits per heavy atom. The molecule has 0 N–H and O–H groups in total. The number of halogens is 2. The van der Waals surface area contributed by atoms with Gasteiger partial charge in [0.15, 0.2) is 0 Å². The monoisotopic (exact) mass is 330 g/mol. The summed E-state index contributed by atoms with van der Waals surface area (Å²) in [5, 5.41) is 2.01. The summed E-state index contributed by atoms with van der Waals surface area (Å²) < 4.78 is 6.41. The van der Waals surface area contributed by atoms with Gasteiger partial charge in [-0.05, 0) is 45.4 Å².